The largest absolute Gasteiger partial charge is 0.480 e. The van der Waals surface area contributed by atoms with Gasteiger partial charge in [-0.25, -0.2) is 0 Å². The lowest BCUT2D eigenvalue weighted by molar-refractivity contribution is -0.444. The van der Waals surface area contributed by atoms with E-state index in [0.717, 1.165) is 11.8 Å². The number of hydrogen-bond donors (Lipinski definition) is 3. The lowest BCUT2D eigenvalue weighted by Crippen LogP contribution is -2.72. The fraction of sp³-hybridized carbons (Fsp3) is 0.923. The average Bonchev–Trinajstić information content (AvgIpc) is 2.59. The van der Waals surface area contributed by atoms with E-state index in [4.69, 9.17) is 10.2 Å². The lowest BCUT2D eigenvalue weighted by Gasteiger charge is -2.40. The third-order valence-electron chi connectivity index (χ3n) is 3.84. The van der Waals surface area contributed by atoms with E-state index in [0.29, 0.717) is 0 Å². The Morgan fingerprint density at radius 1 is 0.839 bits per heavy atom. The molecule has 0 aromatic rings. The Balaban J connectivity index is 5.91. The summed E-state index contributed by atoms with van der Waals surface area (Å²) in [5.41, 5.74) is 0. The van der Waals surface area contributed by atoms with Crippen molar-refractivity contribution < 1.29 is 72.1 Å². The number of thioether (sulfide) groups is 1. The van der Waals surface area contributed by atoms with Gasteiger partial charge in [-0.3, -0.25) is 4.79 Å². The maximum absolute atomic E-state index is 13.7. The van der Waals surface area contributed by atoms with Crippen molar-refractivity contribution >= 4 is 17.7 Å². The Hall–Kier alpha value is -1.17. The van der Waals surface area contributed by atoms with E-state index in [1.165, 1.54) is 11.6 Å². The molecule has 18 heteroatoms. The Morgan fingerprint density at radius 2 is 1.26 bits per heavy atom. The van der Waals surface area contributed by atoms with Crippen LogP contribution in [0.2, 0.25) is 0 Å². The summed E-state index contributed by atoms with van der Waals surface area (Å²) in [5, 5.41) is 19.4. The lowest BCUT2D eigenvalue weighted by atomic mass is 9.91. The normalized spacial score (nSPS) is 16.9. The second-order valence-electron chi connectivity index (χ2n) is 6.01. The van der Waals surface area contributed by atoms with Crippen molar-refractivity contribution in [1.29, 1.82) is 0 Å². The van der Waals surface area contributed by atoms with Crippen LogP contribution in [-0.2, 0) is 4.79 Å². The molecule has 0 amide bonds. The number of hydrogen-bond acceptors (Lipinski definition) is 4. The summed E-state index contributed by atoms with van der Waals surface area (Å²) in [6.45, 7) is -1.95. The van der Waals surface area contributed by atoms with Crippen molar-refractivity contribution in [2.45, 2.75) is 54.4 Å². The highest BCUT2D eigenvalue weighted by molar-refractivity contribution is 7.98. The zero-order valence-electron chi connectivity index (χ0n) is 14.9. The Bertz CT molecular complexity index is 626. The van der Waals surface area contributed by atoms with Crippen molar-refractivity contribution in [3.63, 3.8) is 0 Å². The van der Waals surface area contributed by atoms with Gasteiger partial charge in [-0.15, -0.1) is 0 Å². The molecule has 0 aromatic heterocycles. The fourth-order valence-corrected chi connectivity index (χ4v) is 2.39. The van der Waals surface area contributed by atoms with Gasteiger partial charge >= 0.3 is 41.8 Å². The van der Waals surface area contributed by atoms with Crippen molar-refractivity contribution in [3.8, 4) is 0 Å². The molecule has 0 fully saturated rings. The summed E-state index contributed by atoms with van der Waals surface area (Å²) < 4.78 is 169. The fourth-order valence-electron chi connectivity index (χ4n) is 1.92. The minimum atomic E-state index is -8.07. The maximum Gasteiger partial charge on any atom is 0.460 e. The molecule has 4 nitrogen and oxygen atoms in total. The second-order valence-corrected chi connectivity index (χ2v) is 7.00. The molecule has 0 aliphatic rings. The third-order valence-corrected chi connectivity index (χ3v) is 4.49. The second kappa shape index (κ2) is 9.36. The minimum Gasteiger partial charge on any atom is -0.480 e. The van der Waals surface area contributed by atoms with Crippen molar-refractivity contribution in [1.82, 2.24) is 5.32 Å². The van der Waals surface area contributed by atoms with Gasteiger partial charge in [0.1, 0.15) is 12.1 Å². The number of aliphatic carboxylic acids is 1. The number of alkyl halides is 13. The van der Waals surface area contributed by atoms with Gasteiger partial charge in [0.05, 0.1) is 0 Å². The van der Waals surface area contributed by atoms with Gasteiger partial charge < -0.3 is 15.5 Å². The van der Waals surface area contributed by atoms with Crippen LogP contribution in [0.3, 0.4) is 0 Å². The first-order chi connectivity index (χ1) is 13.5. The molecule has 0 radical (unpaired) electrons. The van der Waals surface area contributed by atoms with Crippen LogP contribution in [0, 0.1) is 0 Å². The van der Waals surface area contributed by atoms with E-state index in [1.807, 2.05) is 0 Å². The average molecular weight is 511 g/mol. The Labute approximate surface area is 169 Å². The number of aliphatic hydroxyl groups excluding tert-OH is 1. The molecule has 0 aromatic carbocycles. The van der Waals surface area contributed by atoms with Gasteiger partial charge in [0.2, 0.25) is 0 Å². The molecule has 0 saturated heterocycles. The van der Waals surface area contributed by atoms with Crippen LogP contribution in [-0.4, -0.2) is 82.7 Å². The SMILES string of the molecule is CSCC[C@H](NC[C@H](O)C(F)(F)C(F)(F)C(F)(F)C(F)(F)C(F)(F)C(F)(F)F)C(=O)O. The monoisotopic (exact) mass is 511 g/mol. The van der Waals surface area contributed by atoms with Gasteiger partial charge in [0, 0.05) is 6.54 Å². The van der Waals surface area contributed by atoms with E-state index in [9.17, 15) is 61.9 Å². The summed E-state index contributed by atoms with van der Waals surface area (Å²) in [4.78, 5) is 10.9. The first-order valence-corrected chi connectivity index (χ1v) is 9.02. The number of halogens is 13. The first-order valence-electron chi connectivity index (χ1n) is 7.63. The first kappa shape index (κ1) is 29.8. The van der Waals surface area contributed by atoms with E-state index in [1.54, 1.807) is 0 Å². The molecule has 186 valence electrons. The number of rotatable bonds is 12. The van der Waals surface area contributed by atoms with Crippen LogP contribution in [0.5, 0.6) is 0 Å². The highest BCUT2D eigenvalue weighted by atomic mass is 32.2. The zero-order valence-corrected chi connectivity index (χ0v) is 15.7. The summed E-state index contributed by atoms with van der Waals surface area (Å²) in [6.07, 6.45) is -10.5. The molecule has 0 bridgehead atoms. The standard InChI is InChI=1S/C13H14F13NO3S/c1-31-3-2-5(7(29)30)27-4-6(28)8(14,15)9(16,17)10(18,19)11(20,21)12(22,23)13(24,25)26/h5-6,27-28H,2-4H2,1H3,(H,29,30)/t5-,6-/m0/s1. The molecule has 31 heavy (non-hydrogen) atoms. The number of nitrogens with one attached hydrogen (secondary N) is 1. The molecule has 0 saturated carbocycles. The minimum absolute atomic E-state index is 0.0312. The molecule has 0 heterocycles. The smallest absolute Gasteiger partial charge is 0.460 e. The Kier molecular flexibility index (Phi) is 9.01. The number of carbonyl (C=O) groups is 1. The Morgan fingerprint density at radius 3 is 1.61 bits per heavy atom. The van der Waals surface area contributed by atoms with E-state index in [2.05, 4.69) is 0 Å². The predicted octanol–water partition coefficient (Wildman–Crippen LogP) is 3.88. The summed E-state index contributed by atoms with van der Waals surface area (Å²) in [6, 6.07) is -1.82. The van der Waals surface area contributed by atoms with Gasteiger partial charge in [-0.1, -0.05) is 0 Å². The van der Waals surface area contributed by atoms with Crippen LogP contribution in [0.1, 0.15) is 6.42 Å². The highest BCUT2D eigenvalue weighted by Crippen LogP contribution is 2.60. The molecule has 0 aliphatic heterocycles. The number of carboxylic acid groups (broad SMARTS) is 1. The van der Waals surface area contributed by atoms with Crippen LogP contribution < -0.4 is 5.32 Å². The van der Waals surface area contributed by atoms with Crippen LogP contribution in [0.25, 0.3) is 0 Å². The molecule has 0 rings (SSSR count). The molecular weight excluding hydrogens is 497 g/mol. The van der Waals surface area contributed by atoms with E-state index >= 15 is 0 Å². The van der Waals surface area contributed by atoms with Gasteiger partial charge in [-0.2, -0.15) is 68.8 Å². The predicted molar refractivity (Wildman–Crippen MR) is 79.2 cm³/mol. The molecule has 0 aliphatic carbocycles. The van der Waals surface area contributed by atoms with Crippen LogP contribution >= 0.6 is 11.8 Å². The third kappa shape index (κ3) is 5.26. The van der Waals surface area contributed by atoms with E-state index in [-0.39, 0.29) is 12.2 Å². The molecule has 0 spiro atoms. The van der Waals surface area contributed by atoms with Crippen molar-refractivity contribution in [2.24, 2.45) is 0 Å². The van der Waals surface area contributed by atoms with Crippen molar-refractivity contribution in [3.05, 3.63) is 0 Å². The highest BCUT2D eigenvalue weighted by Gasteiger charge is 2.91. The number of carboxylic acids is 1. The summed E-state index contributed by atoms with van der Waals surface area (Å²) >= 11 is 1.02. The van der Waals surface area contributed by atoms with Crippen LogP contribution in [0.15, 0.2) is 0 Å². The summed E-state index contributed by atoms with van der Waals surface area (Å²) in [7, 11) is 0. The van der Waals surface area contributed by atoms with E-state index < -0.39 is 60.4 Å². The molecular formula is C13H14F13NO3S. The number of aliphatic hydroxyl groups is 1. The molecule has 0 unspecified atom stereocenters. The topological polar surface area (TPSA) is 69.6 Å². The van der Waals surface area contributed by atoms with Gasteiger partial charge in [0.15, 0.2) is 0 Å². The maximum atomic E-state index is 13.7. The quantitative estimate of drug-likeness (QED) is 0.347. The van der Waals surface area contributed by atoms with Crippen LogP contribution in [0.4, 0.5) is 57.1 Å². The van der Waals surface area contributed by atoms with Crippen molar-refractivity contribution in [2.75, 3.05) is 18.6 Å². The van der Waals surface area contributed by atoms with Gasteiger partial charge in [0.25, 0.3) is 0 Å². The summed E-state index contributed by atoms with van der Waals surface area (Å²) in [5.74, 6) is -40.1. The zero-order chi connectivity index (χ0) is 25.3. The molecule has 2 atom stereocenters. The van der Waals surface area contributed by atoms with Gasteiger partial charge in [-0.05, 0) is 18.4 Å². The molecule has 3 N–H and O–H groups in total.